The zero-order valence-corrected chi connectivity index (χ0v) is 14.2. The molecule has 2 atom stereocenters. The van der Waals surface area contributed by atoms with Crippen molar-refractivity contribution in [2.24, 2.45) is 11.8 Å². The molecular formula is C18H20N2O5. The lowest BCUT2D eigenvalue weighted by Gasteiger charge is -2.16. The Balaban J connectivity index is 1.71. The first-order chi connectivity index (χ1) is 12.0. The molecule has 2 aliphatic rings. The molecule has 25 heavy (non-hydrogen) atoms. The maximum absolute atomic E-state index is 12.4. The Labute approximate surface area is 145 Å². The standard InChI is InChI=1S/C18H20N2O5/c1-24-11-7-8-15(25-2)14(9-11)19-16(21)10-20-17(22)12-5-3-4-6-13(12)18(20)23/h3-4,7-9,12-13H,5-6,10H2,1-2H3,(H,19,21)/t12-,13+. The highest BCUT2D eigenvalue weighted by molar-refractivity contribution is 6.09. The molecule has 0 radical (unpaired) electrons. The predicted octanol–water partition coefficient (Wildman–Crippen LogP) is 1.59. The van der Waals surface area contributed by atoms with Crippen LogP contribution in [-0.2, 0) is 14.4 Å². The molecule has 1 heterocycles. The highest BCUT2D eigenvalue weighted by atomic mass is 16.5. The van der Waals surface area contributed by atoms with Crippen molar-refractivity contribution in [2.45, 2.75) is 12.8 Å². The largest absolute Gasteiger partial charge is 0.497 e. The predicted molar refractivity (Wildman–Crippen MR) is 90.2 cm³/mol. The number of nitrogens with zero attached hydrogens (tertiary/aromatic N) is 1. The van der Waals surface area contributed by atoms with E-state index in [1.807, 2.05) is 12.2 Å². The van der Waals surface area contributed by atoms with Gasteiger partial charge in [-0.2, -0.15) is 0 Å². The first-order valence-electron chi connectivity index (χ1n) is 8.07. The quantitative estimate of drug-likeness (QED) is 0.648. The van der Waals surface area contributed by atoms with Gasteiger partial charge in [0.2, 0.25) is 17.7 Å². The van der Waals surface area contributed by atoms with E-state index in [-0.39, 0.29) is 30.2 Å². The number of likely N-dealkylation sites (tertiary alicyclic amines) is 1. The third-order valence-corrected chi connectivity index (χ3v) is 4.58. The summed E-state index contributed by atoms with van der Waals surface area (Å²) in [5.74, 6) is -0.653. The molecule has 1 aliphatic carbocycles. The molecule has 7 heteroatoms. The average molecular weight is 344 g/mol. The Morgan fingerprint density at radius 3 is 2.32 bits per heavy atom. The van der Waals surface area contributed by atoms with Gasteiger partial charge in [-0.1, -0.05) is 12.2 Å². The van der Waals surface area contributed by atoms with E-state index in [0.29, 0.717) is 30.0 Å². The van der Waals surface area contributed by atoms with Crippen molar-refractivity contribution < 1.29 is 23.9 Å². The molecule has 7 nitrogen and oxygen atoms in total. The van der Waals surface area contributed by atoms with Gasteiger partial charge in [0, 0.05) is 6.07 Å². The number of benzene rings is 1. The van der Waals surface area contributed by atoms with Crippen molar-refractivity contribution in [1.29, 1.82) is 0 Å². The number of fused-ring (bicyclic) bond motifs is 1. The first-order valence-corrected chi connectivity index (χ1v) is 8.07. The zero-order chi connectivity index (χ0) is 18.0. The summed E-state index contributed by atoms with van der Waals surface area (Å²) >= 11 is 0. The first kappa shape index (κ1) is 17.0. The van der Waals surface area contributed by atoms with E-state index in [9.17, 15) is 14.4 Å². The van der Waals surface area contributed by atoms with Gasteiger partial charge < -0.3 is 14.8 Å². The minimum Gasteiger partial charge on any atom is -0.497 e. The molecular weight excluding hydrogens is 324 g/mol. The van der Waals surface area contributed by atoms with Crippen LogP contribution in [-0.4, -0.2) is 43.4 Å². The average Bonchev–Trinajstić information content (AvgIpc) is 2.87. The second-order valence-electron chi connectivity index (χ2n) is 6.03. The number of anilines is 1. The third kappa shape index (κ3) is 3.22. The second kappa shape index (κ2) is 6.96. The molecule has 0 unspecified atom stereocenters. The minimum absolute atomic E-state index is 0.271. The lowest BCUT2D eigenvalue weighted by atomic mass is 9.85. The fourth-order valence-electron chi connectivity index (χ4n) is 3.27. The van der Waals surface area contributed by atoms with Crippen LogP contribution in [0, 0.1) is 11.8 Å². The van der Waals surface area contributed by atoms with E-state index in [2.05, 4.69) is 5.32 Å². The van der Waals surface area contributed by atoms with Crippen molar-refractivity contribution in [2.75, 3.05) is 26.1 Å². The summed E-state index contributed by atoms with van der Waals surface area (Å²) in [4.78, 5) is 38.2. The molecule has 132 valence electrons. The van der Waals surface area contributed by atoms with Gasteiger partial charge in [-0.15, -0.1) is 0 Å². The lowest BCUT2D eigenvalue weighted by molar-refractivity contribution is -0.142. The van der Waals surface area contributed by atoms with E-state index in [1.165, 1.54) is 14.2 Å². The number of methoxy groups -OCH3 is 2. The van der Waals surface area contributed by atoms with Crippen LogP contribution in [0.2, 0.25) is 0 Å². The van der Waals surface area contributed by atoms with Crippen LogP contribution in [0.1, 0.15) is 12.8 Å². The van der Waals surface area contributed by atoms with E-state index in [0.717, 1.165) is 4.90 Å². The van der Waals surface area contributed by atoms with E-state index in [1.54, 1.807) is 18.2 Å². The fourth-order valence-corrected chi connectivity index (χ4v) is 3.27. The Kier molecular flexibility index (Phi) is 4.74. The minimum atomic E-state index is -0.458. The summed E-state index contributed by atoms with van der Waals surface area (Å²) in [7, 11) is 3.01. The molecule has 3 rings (SSSR count). The van der Waals surface area contributed by atoms with Gasteiger partial charge in [0.25, 0.3) is 0 Å². The summed E-state index contributed by atoms with van der Waals surface area (Å²) < 4.78 is 10.3. The van der Waals surface area contributed by atoms with Crippen molar-refractivity contribution in [3.05, 3.63) is 30.4 Å². The fraction of sp³-hybridized carbons (Fsp3) is 0.389. The monoisotopic (exact) mass is 344 g/mol. The Bertz CT molecular complexity index is 717. The van der Waals surface area contributed by atoms with Gasteiger partial charge in [0.15, 0.2) is 0 Å². The van der Waals surface area contributed by atoms with Crippen LogP contribution >= 0.6 is 0 Å². The number of allylic oxidation sites excluding steroid dienone is 2. The van der Waals surface area contributed by atoms with Crippen LogP contribution in [0.25, 0.3) is 0 Å². The van der Waals surface area contributed by atoms with Crippen molar-refractivity contribution in [1.82, 2.24) is 4.90 Å². The molecule has 1 saturated heterocycles. The van der Waals surface area contributed by atoms with Gasteiger partial charge in [0.1, 0.15) is 18.0 Å². The van der Waals surface area contributed by atoms with Gasteiger partial charge in [-0.3, -0.25) is 19.3 Å². The number of ether oxygens (including phenoxy) is 2. The lowest BCUT2D eigenvalue weighted by Crippen LogP contribution is -2.38. The highest BCUT2D eigenvalue weighted by Crippen LogP contribution is 2.35. The zero-order valence-electron chi connectivity index (χ0n) is 14.2. The molecule has 0 spiro atoms. The summed E-state index contributed by atoms with van der Waals surface area (Å²) in [6.07, 6.45) is 4.93. The van der Waals surface area contributed by atoms with Crippen LogP contribution in [0.4, 0.5) is 5.69 Å². The third-order valence-electron chi connectivity index (χ3n) is 4.58. The van der Waals surface area contributed by atoms with Crippen LogP contribution in [0.3, 0.4) is 0 Å². The second-order valence-corrected chi connectivity index (χ2v) is 6.03. The number of amides is 3. The summed E-state index contributed by atoms with van der Waals surface area (Å²) in [6, 6.07) is 4.99. The Hall–Kier alpha value is -2.83. The molecule has 0 saturated carbocycles. The van der Waals surface area contributed by atoms with E-state index < -0.39 is 5.91 Å². The SMILES string of the molecule is COc1ccc(OC)c(NC(=O)CN2C(=O)[C@H]3CC=CC[C@H]3C2=O)c1. The number of carbonyl (C=O) groups excluding carboxylic acids is 3. The number of imide groups is 1. The summed E-state index contributed by atoms with van der Waals surface area (Å²) in [5.41, 5.74) is 0.421. The molecule has 1 aliphatic heterocycles. The van der Waals surface area contributed by atoms with E-state index in [4.69, 9.17) is 9.47 Å². The normalized spacial score (nSPS) is 21.9. The molecule has 1 N–H and O–H groups in total. The number of carbonyl (C=O) groups is 3. The number of rotatable bonds is 5. The summed E-state index contributed by atoms with van der Waals surface area (Å²) in [6.45, 7) is -0.301. The van der Waals surface area contributed by atoms with Gasteiger partial charge in [-0.25, -0.2) is 0 Å². The van der Waals surface area contributed by atoms with Gasteiger partial charge in [0.05, 0.1) is 31.7 Å². The molecule has 0 aromatic heterocycles. The van der Waals surface area contributed by atoms with Crippen LogP contribution in [0.15, 0.2) is 30.4 Å². The molecule has 3 amide bonds. The highest BCUT2D eigenvalue weighted by Gasteiger charge is 2.47. The molecule has 1 fully saturated rings. The Morgan fingerprint density at radius 2 is 1.76 bits per heavy atom. The van der Waals surface area contributed by atoms with Gasteiger partial charge >= 0.3 is 0 Å². The van der Waals surface area contributed by atoms with Crippen molar-refractivity contribution in [3.63, 3.8) is 0 Å². The smallest absolute Gasteiger partial charge is 0.244 e. The van der Waals surface area contributed by atoms with E-state index >= 15 is 0 Å². The number of hydrogen-bond donors (Lipinski definition) is 1. The topological polar surface area (TPSA) is 84.9 Å². The molecule has 1 aromatic carbocycles. The Morgan fingerprint density at radius 1 is 1.12 bits per heavy atom. The van der Waals surface area contributed by atoms with Crippen LogP contribution in [0.5, 0.6) is 11.5 Å². The van der Waals surface area contributed by atoms with Gasteiger partial charge in [-0.05, 0) is 25.0 Å². The maximum atomic E-state index is 12.4. The maximum Gasteiger partial charge on any atom is 0.244 e. The van der Waals surface area contributed by atoms with Crippen molar-refractivity contribution >= 4 is 23.4 Å². The number of nitrogens with one attached hydrogen (secondary N) is 1. The molecule has 0 bridgehead atoms. The van der Waals surface area contributed by atoms with Crippen LogP contribution < -0.4 is 14.8 Å². The molecule has 1 aromatic rings. The number of hydrogen-bond acceptors (Lipinski definition) is 5. The van der Waals surface area contributed by atoms with Crippen molar-refractivity contribution in [3.8, 4) is 11.5 Å². The summed E-state index contributed by atoms with van der Waals surface area (Å²) in [5, 5.41) is 2.68.